The third kappa shape index (κ3) is 4.21. The second-order valence-electron chi connectivity index (χ2n) is 10.1. The molecule has 2 fully saturated rings. The molecule has 8 heteroatoms. The Labute approximate surface area is 211 Å². The van der Waals surface area contributed by atoms with Gasteiger partial charge in [-0.3, -0.25) is 9.38 Å². The van der Waals surface area contributed by atoms with Gasteiger partial charge in [0.2, 0.25) is 5.95 Å². The fourth-order valence-corrected chi connectivity index (χ4v) is 5.89. The molecule has 6 rings (SSSR count). The third-order valence-corrected chi connectivity index (χ3v) is 7.96. The highest BCUT2D eigenvalue weighted by Crippen LogP contribution is 2.34. The van der Waals surface area contributed by atoms with Crippen molar-refractivity contribution in [3.05, 3.63) is 47.6 Å². The summed E-state index contributed by atoms with van der Waals surface area (Å²) < 4.78 is 2.15. The topological polar surface area (TPSA) is 52.8 Å². The van der Waals surface area contributed by atoms with Crippen molar-refractivity contribution in [1.82, 2.24) is 24.5 Å². The average molecular weight is 490 g/mol. The van der Waals surface area contributed by atoms with E-state index < -0.39 is 0 Å². The zero-order valence-corrected chi connectivity index (χ0v) is 21.2. The number of nitrogens with zero attached hydrogens (tertiary/aromatic N) is 7. The Morgan fingerprint density at radius 3 is 2.34 bits per heavy atom. The van der Waals surface area contributed by atoms with Crippen molar-refractivity contribution in [2.75, 3.05) is 50.1 Å². The van der Waals surface area contributed by atoms with E-state index in [-0.39, 0.29) is 0 Å². The van der Waals surface area contributed by atoms with Crippen molar-refractivity contribution in [3.63, 3.8) is 0 Å². The van der Waals surface area contributed by atoms with Crippen molar-refractivity contribution in [3.8, 4) is 11.1 Å². The van der Waals surface area contributed by atoms with Crippen LogP contribution in [0, 0.1) is 0 Å². The van der Waals surface area contributed by atoms with Gasteiger partial charge in [-0.15, -0.1) is 10.2 Å². The minimum atomic E-state index is 0.653. The minimum Gasteiger partial charge on any atom is -0.370 e. The summed E-state index contributed by atoms with van der Waals surface area (Å²) in [6.45, 7) is 4.11. The number of halogens is 1. The van der Waals surface area contributed by atoms with Crippen LogP contribution in [0.5, 0.6) is 0 Å². The zero-order chi connectivity index (χ0) is 23.9. The lowest BCUT2D eigenvalue weighted by atomic mass is 10.0. The molecule has 2 aliphatic rings. The van der Waals surface area contributed by atoms with Gasteiger partial charge in [0.1, 0.15) is 0 Å². The molecule has 7 nitrogen and oxygen atoms in total. The van der Waals surface area contributed by atoms with Crippen molar-refractivity contribution in [2.24, 2.45) is 0 Å². The number of anilines is 2. The number of aromatic nitrogens is 4. The fraction of sp³-hybridized carbons (Fsp3) is 0.444. The average Bonchev–Trinajstić information content (AvgIpc) is 3.34. The largest absolute Gasteiger partial charge is 0.370 e. The van der Waals surface area contributed by atoms with Gasteiger partial charge < -0.3 is 14.7 Å². The van der Waals surface area contributed by atoms with Gasteiger partial charge in [-0.05, 0) is 81.6 Å². The fourth-order valence-electron chi connectivity index (χ4n) is 5.59. The van der Waals surface area contributed by atoms with Crippen molar-refractivity contribution < 1.29 is 0 Å². The van der Waals surface area contributed by atoms with E-state index in [1.54, 1.807) is 0 Å². The Balaban J connectivity index is 1.34. The molecule has 0 N–H and O–H groups in total. The first-order valence-electron chi connectivity index (χ1n) is 12.7. The summed E-state index contributed by atoms with van der Waals surface area (Å²) in [7, 11) is 4.34. The quantitative estimate of drug-likeness (QED) is 0.396. The van der Waals surface area contributed by atoms with Crippen LogP contribution in [0.3, 0.4) is 0 Å². The maximum Gasteiger partial charge on any atom is 0.232 e. The molecule has 35 heavy (non-hydrogen) atoms. The predicted molar refractivity (Wildman–Crippen MR) is 144 cm³/mol. The Kier molecular flexibility index (Phi) is 5.98. The lowest BCUT2D eigenvalue weighted by Gasteiger charge is -2.37. The van der Waals surface area contributed by atoms with Crippen molar-refractivity contribution in [2.45, 2.75) is 38.1 Å². The van der Waals surface area contributed by atoms with E-state index in [1.165, 1.54) is 19.3 Å². The number of piperidine rings is 2. The maximum atomic E-state index is 6.84. The first-order chi connectivity index (χ1) is 17.1. The number of benzene rings is 2. The van der Waals surface area contributed by atoms with E-state index >= 15 is 0 Å². The van der Waals surface area contributed by atoms with Gasteiger partial charge in [-0.2, -0.15) is 0 Å². The summed E-state index contributed by atoms with van der Waals surface area (Å²) in [5, 5.41) is 9.76. The van der Waals surface area contributed by atoms with Gasteiger partial charge in [-0.1, -0.05) is 23.7 Å². The van der Waals surface area contributed by atoms with E-state index in [2.05, 4.69) is 84.8 Å². The standard InChI is InChI=1S/C27H32ClN7/c1-32(2)21-10-14-33(15-11-21)24-9-7-19(16-22(24)28)20-6-8-23-25(17-20)35-26(18-29-23)30-31-27(35)34-12-4-3-5-13-34/h6-9,16-18,21H,3-5,10-15H2,1-2H3. The first kappa shape index (κ1) is 22.6. The van der Waals surface area contributed by atoms with Crippen LogP contribution in [0.2, 0.25) is 5.02 Å². The van der Waals surface area contributed by atoms with E-state index in [4.69, 9.17) is 11.6 Å². The molecule has 0 saturated carbocycles. The summed E-state index contributed by atoms with van der Waals surface area (Å²) in [6, 6.07) is 13.5. The number of rotatable bonds is 4. The molecule has 0 radical (unpaired) electrons. The molecule has 4 heterocycles. The van der Waals surface area contributed by atoms with E-state index in [0.717, 1.165) is 83.5 Å². The molecular formula is C27H32ClN7. The van der Waals surface area contributed by atoms with Crippen molar-refractivity contribution >= 4 is 39.9 Å². The highest BCUT2D eigenvalue weighted by molar-refractivity contribution is 6.33. The van der Waals surface area contributed by atoms with E-state index in [1.807, 2.05) is 6.20 Å². The summed E-state index contributed by atoms with van der Waals surface area (Å²) in [5.74, 6) is 0.916. The van der Waals surface area contributed by atoms with Crippen LogP contribution < -0.4 is 9.80 Å². The molecule has 2 aliphatic heterocycles. The van der Waals surface area contributed by atoms with E-state index in [0.29, 0.717) is 6.04 Å². The highest BCUT2D eigenvalue weighted by Gasteiger charge is 2.23. The van der Waals surface area contributed by atoms with Gasteiger partial charge in [0.15, 0.2) is 5.65 Å². The van der Waals surface area contributed by atoms with Crippen LogP contribution in [0.1, 0.15) is 32.1 Å². The van der Waals surface area contributed by atoms with Crippen LogP contribution in [0.25, 0.3) is 27.8 Å². The molecule has 0 aliphatic carbocycles. The molecule has 4 aromatic rings. The first-order valence-corrected chi connectivity index (χ1v) is 13.1. The third-order valence-electron chi connectivity index (χ3n) is 7.66. The van der Waals surface area contributed by atoms with Crippen LogP contribution in [-0.2, 0) is 0 Å². The second kappa shape index (κ2) is 9.28. The molecule has 182 valence electrons. The van der Waals surface area contributed by atoms with Gasteiger partial charge in [0.25, 0.3) is 0 Å². The Bertz CT molecular complexity index is 1350. The van der Waals surface area contributed by atoms with Crippen LogP contribution in [0.4, 0.5) is 11.6 Å². The molecule has 0 atom stereocenters. The second-order valence-corrected chi connectivity index (χ2v) is 10.5. The minimum absolute atomic E-state index is 0.653. The van der Waals surface area contributed by atoms with Gasteiger partial charge in [-0.25, -0.2) is 0 Å². The van der Waals surface area contributed by atoms with Gasteiger partial charge in [0, 0.05) is 32.2 Å². The highest BCUT2D eigenvalue weighted by atomic mass is 35.5. The Hall–Kier alpha value is -2.90. The summed E-state index contributed by atoms with van der Waals surface area (Å²) in [4.78, 5) is 11.7. The molecule has 0 amide bonds. The SMILES string of the molecule is CN(C)C1CCN(c2ccc(-c3ccc4ncc5nnc(N6CCCCC6)n5c4c3)cc2Cl)CC1. The van der Waals surface area contributed by atoms with Crippen LogP contribution in [-0.4, -0.2) is 70.8 Å². The molecule has 2 aromatic carbocycles. The normalized spacial score (nSPS) is 17.7. The number of hydrogen-bond acceptors (Lipinski definition) is 6. The summed E-state index contributed by atoms with van der Waals surface area (Å²) >= 11 is 6.84. The molecule has 2 aromatic heterocycles. The van der Waals surface area contributed by atoms with Crippen LogP contribution in [0.15, 0.2) is 42.6 Å². The van der Waals surface area contributed by atoms with Crippen molar-refractivity contribution in [1.29, 1.82) is 0 Å². The van der Waals surface area contributed by atoms with Crippen LogP contribution >= 0.6 is 11.6 Å². The number of hydrogen-bond donors (Lipinski definition) is 0. The Morgan fingerprint density at radius 1 is 0.857 bits per heavy atom. The molecule has 0 spiro atoms. The lowest BCUT2D eigenvalue weighted by Crippen LogP contribution is -2.42. The summed E-state index contributed by atoms with van der Waals surface area (Å²) in [5.41, 5.74) is 6.09. The Morgan fingerprint density at radius 2 is 1.60 bits per heavy atom. The monoisotopic (exact) mass is 489 g/mol. The van der Waals surface area contributed by atoms with Gasteiger partial charge in [0.05, 0.1) is 27.9 Å². The molecule has 0 bridgehead atoms. The molecular weight excluding hydrogens is 458 g/mol. The van der Waals surface area contributed by atoms with Gasteiger partial charge >= 0.3 is 0 Å². The number of fused-ring (bicyclic) bond motifs is 3. The lowest BCUT2D eigenvalue weighted by molar-refractivity contribution is 0.249. The smallest absolute Gasteiger partial charge is 0.232 e. The molecule has 2 saturated heterocycles. The summed E-state index contributed by atoms with van der Waals surface area (Å²) in [6.07, 6.45) is 7.81. The predicted octanol–water partition coefficient (Wildman–Crippen LogP) is 5.12. The van der Waals surface area contributed by atoms with E-state index in [9.17, 15) is 0 Å². The zero-order valence-electron chi connectivity index (χ0n) is 20.5. The maximum absolute atomic E-state index is 6.84. The molecule has 0 unspecified atom stereocenters.